The molecular weight excluding hydrogens is 403 g/mol. The molecule has 1 saturated heterocycles. The highest BCUT2D eigenvalue weighted by Crippen LogP contribution is 2.18. The lowest BCUT2D eigenvalue weighted by Gasteiger charge is -2.37. The molecule has 0 radical (unpaired) electrons. The Bertz CT molecular complexity index is 1120. The molecule has 0 aromatic heterocycles. The van der Waals surface area contributed by atoms with E-state index in [1.807, 2.05) is 49.4 Å². The lowest BCUT2D eigenvalue weighted by molar-refractivity contribution is 0.0971. The number of nitrogens with one attached hydrogen (secondary N) is 1. The van der Waals surface area contributed by atoms with Gasteiger partial charge in [0, 0.05) is 37.4 Å². The normalized spacial score (nSPS) is 14.4. The number of halogens is 1. The van der Waals surface area contributed by atoms with Crippen molar-refractivity contribution in [2.45, 2.75) is 13.8 Å². The van der Waals surface area contributed by atoms with E-state index in [9.17, 15) is 9.18 Å². The Balaban J connectivity index is 1.55. The maximum atomic E-state index is 14.0. The standard InChI is InChI=1S/C26H27FN4O/c1-19-7-6-8-22(17-19)28-26(29-25(32)21-12-11-20(2)24(27)18-21)31-15-13-30(14-16-31)23-9-4-3-5-10-23/h3-12,17-18H,13-16H2,1-2H3,(H,28,29,32). The number of guanidine groups is 1. The zero-order valence-electron chi connectivity index (χ0n) is 18.4. The molecule has 32 heavy (non-hydrogen) atoms. The molecule has 0 saturated carbocycles. The molecule has 0 aliphatic carbocycles. The number of benzene rings is 3. The van der Waals surface area contributed by atoms with Crippen LogP contribution in [-0.2, 0) is 0 Å². The van der Waals surface area contributed by atoms with Gasteiger partial charge < -0.3 is 9.80 Å². The minimum absolute atomic E-state index is 0.271. The van der Waals surface area contributed by atoms with Crippen molar-refractivity contribution in [1.82, 2.24) is 10.2 Å². The number of aryl methyl sites for hydroxylation is 2. The van der Waals surface area contributed by atoms with Crippen molar-refractivity contribution in [3.05, 3.63) is 95.3 Å². The van der Waals surface area contributed by atoms with Gasteiger partial charge in [0.05, 0.1) is 5.69 Å². The van der Waals surface area contributed by atoms with Gasteiger partial charge in [0.2, 0.25) is 5.96 Å². The summed E-state index contributed by atoms with van der Waals surface area (Å²) in [5.74, 6) is -0.290. The van der Waals surface area contributed by atoms with Gasteiger partial charge in [0.25, 0.3) is 5.91 Å². The molecule has 1 amide bonds. The number of carbonyl (C=O) groups excluding carboxylic acids is 1. The Kier molecular flexibility index (Phi) is 6.50. The zero-order valence-corrected chi connectivity index (χ0v) is 18.4. The van der Waals surface area contributed by atoms with E-state index in [2.05, 4.69) is 27.2 Å². The maximum Gasteiger partial charge on any atom is 0.258 e. The lowest BCUT2D eigenvalue weighted by Crippen LogP contribution is -2.53. The molecule has 1 aliphatic heterocycles. The third kappa shape index (κ3) is 5.14. The van der Waals surface area contributed by atoms with Gasteiger partial charge in [0.15, 0.2) is 0 Å². The summed E-state index contributed by atoms with van der Waals surface area (Å²) < 4.78 is 14.0. The predicted molar refractivity (Wildman–Crippen MR) is 127 cm³/mol. The number of rotatable bonds is 3. The molecule has 0 unspecified atom stereocenters. The zero-order chi connectivity index (χ0) is 22.5. The minimum atomic E-state index is -0.397. The van der Waals surface area contributed by atoms with Crippen LogP contribution < -0.4 is 10.2 Å². The van der Waals surface area contributed by atoms with Crippen LogP contribution in [0.5, 0.6) is 0 Å². The van der Waals surface area contributed by atoms with Gasteiger partial charge in [-0.05, 0) is 61.4 Å². The van der Waals surface area contributed by atoms with Crippen molar-refractivity contribution >= 4 is 23.2 Å². The third-order valence-corrected chi connectivity index (χ3v) is 5.60. The van der Waals surface area contributed by atoms with Crippen LogP contribution in [-0.4, -0.2) is 42.9 Å². The largest absolute Gasteiger partial charge is 0.368 e. The summed E-state index contributed by atoms with van der Waals surface area (Å²) >= 11 is 0. The Morgan fingerprint density at radius 3 is 2.34 bits per heavy atom. The fourth-order valence-electron chi connectivity index (χ4n) is 3.72. The number of hydrogen-bond donors (Lipinski definition) is 1. The van der Waals surface area contributed by atoms with E-state index in [0.29, 0.717) is 24.6 Å². The molecule has 0 spiro atoms. The van der Waals surface area contributed by atoms with Crippen molar-refractivity contribution in [3.63, 3.8) is 0 Å². The second-order valence-electron chi connectivity index (χ2n) is 8.00. The van der Waals surface area contributed by atoms with Crippen LogP contribution in [0.25, 0.3) is 0 Å². The van der Waals surface area contributed by atoms with Crippen molar-refractivity contribution in [2.24, 2.45) is 4.99 Å². The average molecular weight is 431 g/mol. The van der Waals surface area contributed by atoms with Crippen molar-refractivity contribution in [2.75, 3.05) is 31.1 Å². The number of piperazine rings is 1. The van der Waals surface area contributed by atoms with Crippen LogP contribution in [0.1, 0.15) is 21.5 Å². The van der Waals surface area contributed by atoms with Crippen molar-refractivity contribution in [1.29, 1.82) is 0 Å². The van der Waals surface area contributed by atoms with Gasteiger partial charge in [-0.3, -0.25) is 10.1 Å². The van der Waals surface area contributed by atoms with E-state index in [-0.39, 0.29) is 11.5 Å². The number of carbonyl (C=O) groups is 1. The molecule has 3 aromatic carbocycles. The fourth-order valence-corrected chi connectivity index (χ4v) is 3.72. The van der Waals surface area contributed by atoms with Gasteiger partial charge in [0.1, 0.15) is 5.82 Å². The number of amides is 1. The fraction of sp³-hybridized carbons (Fsp3) is 0.231. The summed E-state index contributed by atoms with van der Waals surface area (Å²) in [7, 11) is 0. The first-order valence-electron chi connectivity index (χ1n) is 10.8. The van der Waals surface area contributed by atoms with Gasteiger partial charge in [-0.25, -0.2) is 9.38 Å². The molecule has 164 valence electrons. The molecule has 6 heteroatoms. The Labute approximate surface area is 188 Å². The summed E-state index contributed by atoms with van der Waals surface area (Å²) in [6.07, 6.45) is 0. The van der Waals surface area contributed by atoms with Crippen LogP contribution >= 0.6 is 0 Å². The minimum Gasteiger partial charge on any atom is -0.368 e. The number of hydrogen-bond acceptors (Lipinski definition) is 3. The topological polar surface area (TPSA) is 47.9 Å². The van der Waals surface area contributed by atoms with Crippen LogP contribution in [0.3, 0.4) is 0 Å². The van der Waals surface area contributed by atoms with Gasteiger partial charge in [-0.1, -0.05) is 36.4 Å². The highest BCUT2D eigenvalue weighted by atomic mass is 19.1. The summed E-state index contributed by atoms with van der Waals surface area (Å²) in [6, 6.07) is 22.6. The summed E-state index contributed by atoms with van der Waals surface area (Å²) in [4.78, 5) is 22.0. The molecule has 5 nitrogen and oxygen atoms in total. The molecule has 1 fully saturated rings. The first-order chi connectivity index (χ1) is 15.5. The highest BCUT2D eigenvalue weighted by molar-refractivity contribution is 6.06. The van der Waals surface area contributed by atoms with E-state index < -0.39 is 5.82 Å². The van der Waals surface area contributed by atoms with Crippen molar-refractivity contribution < 1.29 is 9.18 Å². The van der Waals surface area contributed by atoms with E-state index in [0.717, 1.165) is 24.3 Å². The van der Waals surface area contributed by atoms with E-state index >= 15 is 0 Å². The lowest BCUT2D eigenvalue weighted by atomic mass is 10.1. The van der Waals surface area contributed by atoms with Gasteiger partial charge in [-0.15, -0.1) is 0 Å². The quantitative estimate of drug-likeness (QED) is 0.485. The molecule has 0 bridgehead atoms. The van der Waals surface area contributed by atoms with Crippen LogP contribution in [0.15, 0.2) is 77.8 Å². The first kappa shape index (κ1) is 21.6. The van der Waals surface area contributed by atoms with Crippen LogP contribution in [0.4, 0.5) is 15.8 Å². The second-order valence-corrected chi connectivity index (χ2v) is 8.00. The summed E-state index contributed by atoms with van der Waals surface area (Å²) in [6.45, 7) is 6.72. The summed E-state index contributed by atoms with van der Waals surface area (Å²) in [5, 5.41) is 2.92. The van der Waals surface area contributed by atoms with Crippen LogP contribution in [0, 0.1) is 19.7 Å². The Morgan fingerprint density at radius 2 is 1.66 bits per heavy atom. The third-order valence-electron chi connectivity index (χ3n) is 5.60. The summed E-state index contributed by atoms with van der Waals surface area (Å²) in [5.41, 5.74) is 3.82. The molecule has 1 N–H and O–H groups in total. The monoisotopic (exact) mass is 430 g/mol. The first-order valence-corrected chi connectivity index (χ1v) is 10.8. The molecule has 1 heterocycles. The maximum absolute atomic E-state index is 14.0. The molecule has 4 rings (SSSR count). The molecule has 0 atom stereocenters. The van der Waals surface area contributed by atoms with Gasteiger partial charge >= 0.3 is 0 Å². The Morgan fingerprint density at radius 1 is 0.906 bits per heavy atom. The molecular formula is C26H27FN4O. The number of para-hydroxylation sites is 1. The SMILES string of the molecule is Cc1cccc(N=C(NC(=O)c2ccc(C)c(F)c2)N2CCN(c3ccccc3)CC2)c1. The van der Waals surface area contributed by atoms with Crippen molar-refractivity contribution in [3.8, 4) is 0 Å². The number of nitrogens with zero attached hydrogens (tertiary/aromatic N) is 3. The van der Waals surface area contributed by atoms with Gasteiger partial charge in [-0.2, -0.15) is 0 Å². The van der Waals surface area contributed by atoms with E-state index in [4.69, 9.17) is 4.99 Å². The number of aliphatic imine (C=N–C) groups is 1. The van der Waals surface area contributed by atoms with Crippen LogP contribution in [0.2, 0.25) is 0 Å². The average Bonchev–Trinajstić information content (AvgIpc) is 2.81. The van der Waals surface area contributed by atoms with E-state index in [1.165, 1.54) is 11.8 Å². The molecule has 1 aliphatic rings. The predicted octanol–water partition coefficient (Wildman–Crippen LogP) is 4.68. The number of anilines is 1. The Hall–Kier alpha value is -3.67. The highest BCUT2D eigenvalue weighted by Gasteiger charge is 2.22. The smallest absolute Gasteiger partial charge is 0.258 e. The van der Waals surface area contributed by atoms with E-state index in [1.54, 1.807) is 19.1 Å². The second kappa shape index (κ2) is 9.64. The molecule has 3 aromatic rings.